The fraction of sp³-hybridized carbons (Fsp3) is 1.00. The van der Waals surface area contributed by atoms with E-state index in [9.17, 15) is 8.42 Å². The molecule has 0 aliphatic heterocycles. The second-order valence-electron chi connectivity index (χ2n) is 1.80. The molecule has 0 saturated heterocycles. The van der Waals surface area contributed by atoms with E-state index < -0.39 is 15.6 Å². The van der Waals surface area contributed by atoms with Gasteiger partial charge in [-0.3, -0.25) is 0 Å². The van der Waals surface area contributed by atoms with Gasteiger partial charge < -0.3 is 6.53 Å². The van der Waals surface area contributed by atoms with Gasteiger partial charge in [-0.25, -0.2) is 0 Å². The van der Waals surface area contributed by atoms with Crippen LogP contribution in [0.1, 0.15) is 21.2 Å². The molecule has 0 fully saturated rings. The largest absolute Gasteiger partial charge is 1.00 e. The second kappa shape index (κ2) is 6.65. The summed E-state index contributed by atoms with van der Waals surface area (Å²) in [6.07, 6.45) is 0.690. The Kier molecular flexibility index (Phi) is 8.87. The standard InChI is InChI=1S/C4H9ClO4S.Na.H/c1-2-3-4(6)10(7,8)9-5;;/h4,6H,2-3H2,1H3;;/q;+1;-1. The van der Waals surface area contributed by atoms with Crippen molar-refractivity contribution in [2.75, 3.05) is 0 Å². The Morgan fingerprint density at radius 2 is 2.18 bits per heavy atom. The number of hydrogen-bond acceptors (Lipinski definition) is 4. The van der Waals surface area contributed by atoms with Gasteiger partial charge in [-0.2, -0.15) is 12.2 Å². The van der Waals surface area contributed by atoms with Gasteiger partial charge in [0.15, 0.2) is 5.44 Å². The third kappa shape index (κ3) is 5.41. The molecule has 0 aromatic heterocycles. The van der Waals surface area contributed by atoms with Gasteiger partial charge in [0, 0.05) is 0 Å². The molecule has 7 heteroatoms. The number of aliphatic hydroxyl groups is 1. The van der Waals surface area contributed by atoms with Crippen molar-refractivity contribution in [1.82, 2.24) is 0 Å². The fourth-order valence-electron chi connectivity index (χ4n) is 0.433. The zero-order valence-corrected chi connectivity index (χ0v) is 10.0. The van der Waals surface area contributed by atoms with E-state index in [1.54, 1.807) is 6.92 Å². The molecular formula is C4H10ClNaO4S. The average molecular weight is 213 g/mol. The summed E-state index contributed by atoms with van der Waals surface area (Å²) in [5, 5.41) is 8.78. The van der Waals surface area contributed by atoms with Crippen LogP contribution in [0.3, 0.4) is 0 Å². The smallest absolute Gasteiger partial charge is 1.00 e. The average Bonchev–Trinajstić information content (AvgIpc) is 1.89. The van der Waals surface area contributed by atoms with Gasteiger partial charge in [0.2, 0.25) is 0 Å². The molecule has 0 aromatic carbocycles. The van der Waals surface area contributed by atoms with Gasteiger partial charge in [-0.15, -0.1) is 0 Å². The third-order valence-electron chi connectivity index (χ3n) is 0.957. The van der Waals surface area contributed by atoms with Gasteiger partial charge >= 0.3 is 39.7 Å². The van der Waals surface area contributed by atoms with Crippen molar-refractivity contribution >= 4 is 22.0 Å². The molecular weight excluding hydrogens is 203 g/mol. The van der Waals surface area contributed by atoms with Crippen LogP contribution in [0.5, 0.6) is 0 Å². The second-order valence-corrected chi connectivity index (χ2v) is 3.83. The van der Waals surface area contributed by atoms with E-state index in [0.717, 1.165) is 0 Å². The summed E-state index contributed by atoms with van der Waals surface area (Å²) < 4.78 is 24.5. The first-order valence-corrected chi connectivity index (χ1v) is 4.54. The van der Waals surface area contributed by atoms with Crippen molar-refractivity contribution < 1.29 is 48.2 Å². The van der Waals surface area contributed by atoms with Crippen LogP contribution in [0.15, 0.2) is 0 Å². The third-order valence-corrected chi connectivity index (χ3v) is 2.56. The van der Waals surface area contributed by atoms with Crippen molar-refractivity contribution in [3.05, 3.63) is 0 Å². The molecule has 0 aliphatic rings. The zero-order chi connectivity index (χ0) is 8.20. The molecule has 0 spiro atoms. The Labute approximate surface area is 95.0 Å². The first kappa shape index (κ1) is 14.7. The van der Waals surface area contributed by atoms with Crippen molar-refractivity contribution in [1.29, 1.82) is 0 Å². The molecule has 1 unspecified atom stereocenters. The molecule has 0 aliphatic carbocycles. The van der Waals surface area contributed by atoms with Crippen LogP contribution in [0.4, 0.5) is 0 Å². The maximum Gasteiger partial charge on any atom is 1.00 e. The van der Waals surface area contributed by atoms with Gasteiger partial charge in [0.25, 0.3) is 0 Å². The summed E-state index contributed by atoms with van der Waals surface area (Å²) in [4.78, 5) is 0. The topological polar surface area (TPSA) is 63.6 Å². The number of rotatable bonds is 4. The van der Waals surface area contributed by atoms with Crippen molar-refractivity contribution in [3.63, 3.8) is 0 Å². The number of aliphatic hydroxyl groups excluding tert-OH is 1. The van der Waals surface area contributed by atoms with E-state index in [1.165, 1.54) is 0 Å². The quantitative estimate of drug-likeness (QED) is 0.534. The van der Waals surface area contributed by atoms with Gasteiger partial charge in [-0.1, -0.05) is 13.3 Å². The molecule has 0 amide bonds. The molecule has 0 heterocycles. The monoisotopic (exact) mass is 212 g/mol. The van der Waals surface area contributed by atoms with Crippen LogP contribution < -0.4 is 29.6 Å². The molecule has 64 valence electrons. The zero-order valence-electron chi connectivity index (χ0n) is 7.45. The van der Waals surface area contributed by atoms with Crippen LogP contribution in [0.25, 0.3) is 0 Å². The Morgan fingerprint density at radius 1 is 1.73 bits per heavy atom. The molecule has 0 aromatic rings. The Bertz CT molecular complexity index is 185. The van der Waals surface area contributed by atoms with E-state index >= 15 is 0 Å². The van der Waals surface area contributed by atoms with E-state index in [-0.39, 0.29) is 37.4 Å². The fourth-order valence-corrected chi connectivity index (χ4v) is 1.29. The molecule has 11 heavy (non-hydrogen) atoms. The Hall–Kier alpha value is 1.16. The molecule has 1 N–H and O–H groups in total. The number of halogens is 1. The van der Waals surface area contributed by atoms with Gasteiger partial charge in [0.1, 0.15) is 0 Å². The Morgan fingerprint density at radius 3 is 2.45 bits per heavy atom. The van der Waals surface area contributed by atoms with Crippen molar-refractivity contribution in [2.45, 2.75) is 25.2 Å². The van der Waals surface area contributed by atoms with Crippen molar-refractivity contribution in [3.8, 4) is 0 Å². The van der Waals surface area contributed by atoms with E-state index in [2.05, 4.69) is 15.6 Å². The summed E-state index contributed by atoms with van der Waals surface area (Å²) in [5.41, 5.74) is -1.50. The summed E-state index contributed by atoms with van der Waals surface area (Å²) in [6, 6.07) is 0. The van der Waals surface area contributed by atoms with Gasteiger partial charge in [-0.05, 0) is 6.42 Å². The van der Waals surface area contributed by atoms with Crippen LogP contribution in [-0.2, 0) is 13.9 Å². The summed E-state index contributed by atoms with van der Waals surface area (Å²) >= 11 is 4.58. The van der Waals surface area contributed by atoms with E-state index in [1.807, 2.05) is 0 Å². The minimum Gasteiger partial charge on any atom is -1.00 e. The molecule has 0 radical (unpaired) electrons. The first-order valence-electron chi connectivity index (χ1n) is 2.76. The first-order chi connectivity index (χ1) is 4.54. The maximum absolute atomic E-state index is 10.5. The predicted molar refractivity (Wildman–Crippen MR) is 37.9 cm³/mol. The van der Waals surface area contributed by atoms with Crippen LogP contribution in [0.2, 0.25) is 0 Å². The van der Waals surface area contributed by atoms with Crippen LogP contribution in [0, 0.1) is 0 Å². The summed E-state index contributed by atoms with van der Waals surface area (Å²) in [5.74, 6) is 0. The Balaban J connectivity index is -0.000000405. The minimum atomic E-state index is -3.94. The van der Waals surface area contributed by atoms with Crippen LogP contribution in [-0.4, -0.2) is 19.0 Å². The van der Waals surface area contributed by atoms with Crippen molar-refractivity contribution in [2.24, 2.45) is 0 Å². The van der Waals surface area contributed by atoms with E-state index in [0.29, 0.717) is 6.42 Å². The van der Waals surface area contributed by atoms with E-state index in [4.69, 9.17) is 5.11 Å². The molecule has 4 nitrogen and oxygen atoms in total. The van der Waals surface area contributed by atoms with Gasteiger partial charge in [0.05, 0.1) is 11.9 Å². The SMILES string of the molecule is CCCC(O)S(=O)(=O)OCl.[H-].[Na+]. The normalized spacial score (nSPS) is 13.7. The molecule has 0 saturated carbocycles. The number of hydrogen-bond donors (Lipinski definition) is 1. The molecule has 0 bridgehead atoms. The summed E-state index contributed by atoms with van der Waals surface area (Å²) in [7, 11) is -3.94. The predicted octanol–water partition coefficient (Wildman–Crippen LogP) is -2.28. The maximum atomic E-state index is 10.5. The minimum absolute atomic E-state index is 0. The summed E-state index contributed by atoms with van der Waals surface area (Å²) in [6.45, 7) is 1.74. The van der Waals surface area contributed by atoms with Crippen LogP contribution >= 0.6 is 11.9 Å². The molecule has 1 atom stereocenters. The molecule has 0 rings (SSSR count).